The van der Waals surface area contributed by atoms with Crippen molar-refractivity contribution in [3.63, 3.8) is 0 Å². The van der Waals surface area contributed by atoms with Crippen molar-refractivity contribution in [2.45, 2.75) is 32.7 Å². The minimum absolute atomic E-state index is 0.0927. The molecule has 2 heterocycles. The van der Waals surface area contributed by atoms with E-state index < -0.39 is 6.04 Å². The predicted molar refractivity (Wildman–Crippen MR) is 120 cm³/mol. The molecule has 4 rings (SSSR count). The third-order valence-electron chi connectivity index (χ3n) is 5.72. The zero-order chi connectivity index (χ0) is 22.3. The topological polar surface area (TPSA) is 69.0 Å². The minimum atomic E-state index is -0.574. The van der Waals surface area contributed by atoms with Crippen LogP contribution < -0.4 is 14.9 Å². The molecule has 0 saturated heterocycles. The maximum Gasteiger partial charge on any atom is 0.290 e. The number of ether oxygens (including phenoxy) is 2. The number of methoxy groups -OCH3 is 2. The molecule has 7 heteroatoms. The van der Waals surface area contributed by atoms with Gasteiger partial charge in [0.05, 0.1) is 31.2 Å². The maximum atomic E-state index is 13.6. The predicted octanol–water partition coefficient (Wildman–Crippen LogP) is 5.12. The molecule has 31 heavy (non-hydrogen) atoms. The number of carbonyl (C=O) groups is 1. The highest BCUT2D eigenvalue weighted by molar-refractivity contribution is 6.32. The van der Waals surface area contributed by atoms with Crippen LogP contribution in [0.1, 0.15) is 53.1 Å². The second kappa shape index (κ2) is 8.27. The summed E-state index contributed by atoms with van der Waals surface area (Å²) in [5.74, 6) is 0.911. The third-order valence-corrected chi connectivity index (χ3v) is 6.13. The molecule has 1 atom stereocenters. The van der Waals surface area contributed by atoms with E-state index in [1.54, 1.807) is 43.4 Å². The number of rotatable bonds is 6. The van der Waals surface area contributed by atoms with Crippen molar-refractivity contribution in [2.75, 3.05) is 20.8 Å². The first-order valence-electron chi connectivity index (χ1n) is 10.2. The zero-order valence-electron chi connectivity index (χ0n) is 18.0. The summed E-state index contributed by atoms with van der Waals surface area (Å²) in [6.07, 6.45) is 1.72. The maximum absolute atomic E-state index is 13.6. The summed E-state index contributed by atoms with van der Waals surface area (Å²) in [5, 5.41) is 0.847. The van der Waals surface area contributed by atoms with Gasteiger partial charge in [-0.05, 0) is 48.7 Å². The average Bonchev–Trinajstić information content (AvgIpc) is 3.05. The first-order chi connectivity index (χ1) is 14.9. The van der Waals surface area contributed by atoms with Gasteiger partial charge in [-0.1, -0.05) is 31.0 Å². The van der Waals surface area contributed by atoms with Gasteiger partial charge in [0.2, 0.25) is 5.76 Å². The lowest BCUT2D eigenvalue weighted by molar-refractivity contribution is 0.0725. The van der Waals surface area contributed by atoms with E-state index in [1.807, 2.05) is 13.0 Å². The summed E-state index contributed by atoms with van der Waals surface area (Å²) >= 11 is 6.27. The fourth-order valence-electron chi connectivity index (χ4n) is 4.07. The van der Waals surface area contributed by atoms with Crippen molar-refractivity contribution in [1.82, 2.24) is 4.90 Å². The Balaban J connectivity index is 1.98. The third kappa shape index (κ3) is 3.45. The molecule has 0 N–H and O–H groups in total. The Morgan fingerprint density at radius 1 is 1.10 bits per heavy atom. The van der Waals surface area contributed by atoms with Crippen LogP contribution >= 0.6 is 11.6 Å². The van der Waals surface area contributed by atoms with Crippen molar-refractivity contribution in [1.29, 1.82) is 0 Å². The van der Waals surface area contributed by atoms with Crippen molar-refractivity contribution < 1.29 is 18.7 Å². The Labute approximate surface area is 185 Å². The van der Waals surface area contributed by atoms with E-state index in [4.69, 9.17) is 25.5 Å². The van der Waals surface area contributed by atoms with Crippen LogP contribution in [0.25, 0.3) is 11.0 Å². The van der Waals surface area contributed by atoms with Crippen LogP contribution in [0.15, 0.2) is 39.5 Å². The summed E-state index contributed by atoms with van der Waals surface area (Å²) in [4.78, 5) is 28.6. The van der Waals surface area contributed by atoms with Crippen LogP contribution in [0.5, 0.6) is 11.5 Å². The Morgan fingerprint density at radius 2 is 1.84 bits per heavy atom. The lowest BCUT2D eigenvalue weighted by Gasteiger charge is -2.25. The fourth-order valence-corrected chi connectivity index (χ4v) is 4.23. The smallest absolute Gasteiger partial charge is 0.290 e. The number of nitrogens with zero attached hydrogens (tertiary/aromatic N) is 1. The highest BCUT2D eigenvalue weighted by Crippen LogP contribution is 2.41. The van der Waals surface area contributed by atoms with E-state index in [0.717, 1.165) is 24.0 Å². The average molecular weight is 442 g/mol. The van der Waals surface area contributed by atoms with Crippen LogP contribution in [-0.2, 0) is 0 Å². The molecule has 162 valence electrons. The van der Waals surface area contributed by atoms with Crippen molar-refractivity contribution in [3.8, 4) is 11.5 Å². The number of halogens is 1. The number of aryl methyl sites for hydroxylation is 1. The van der Waals surface area contributed by atoms with Gasteiger partial charge in [-0.2, -0.15) is 0 Å². The Hall–Kier alpha value is -2.99. The normalized spacial score (nSPS) is 15.5. The van der Waals surface area contributed by atoms with Crippen molar-refractivity contribution >= 4 is 28.5 Å². The fraction of sp³-hybridized carbons (Fsp3) is 0.333. The molecule has 0 bridgehead atoms. The minimum Gasteiger partial charge on any atom is -0.493 e. The number of benzene rings is 2. The molecule has 3 aromatic rings. The van der Waals surface area contributed by atoms with Gasteiger partial charge in [0, 0.05) is 11.6 Å². The molecule has 0 spiro atoms. The van der Waals surface area contributed by atoms with Crippen LogP contribution in [0.2, 0.25) is 5.02 Å². The zero-order valence-corrected chi connectivity index (χ0v) is 18.7. The van der Waals surface area contributed by atoms with Gasteiger partial charge in [0.25, 0.3) is 5.91 Å². The first-order valence-corrected chi connectivity index (χ1v) is 10.6. The molecule has 6 nitrogen and oxygen atoms in total. The molecule has 1 unspecified atom stereocenters. The molecule has 0 saturated carbocycles. The van der Waals surface area contributed by atoms with Crippen molar-refractivity contribution in [2.24, 2.45) is 0 Å². The summed E-state index contributed by atoms with van der Waals surface area (Å²) < 4.78 is 16.8. The largest absolute Gasteiger partial charge is 0.493 e. The van der Waals surface area contributed by atoms with E-state index in [1.165, 1.54) is 0 Å². The second-order valence-electron chi connectivity index (χ2n) is 7.64. The first kappa shape index (κ1) is 21.2. The number of hydrogen-bond acceptors (Lipinski definition) is 5. The van der Waals surface area contributed by atoms with E-state index in [0.29, 0.717) is 39.6 Å². The summed E-state index contributed by atoms with van der Waals surface area (Å²) in [6, 6.07) is 8.16. The number of fused-ring (bicyclic) bond motifs is 2. The lowest BCUT2D eigenvalue weighted by atomic mass is 9.97. The molecular weight excluding hydrogens is 418 g/mol. The van der Waals surface area contributed by atoms with Gasteiger partial charge < -0.3 is 18.8 Å². The number of unbranched alkanes of at least 4 members (excludes halogenated alkanes) is 1. The van der Waals surface area contributed by atoms with E-state index in [-0.39, 0.29) is 17.1 Å². The van der Waals surface area contributed by atoms with Crippen LogP contribution in [0.3, 0.4) is 0 Å². The summed E-state index contributed by atoms with van der Waals surface area (Å²) in [5.41, 5.74) is 1.99. The Morgan fingerprint density at radius 3 is 2.52 bits per heavy atom. The van der Waals surface area contributed by atoms with Gasteiger partial charge >= 0.3 is 0 Å². The summed E-state index contributed by atoms with van der Waals surface area (Å²) in [6.45, 7) is 4.40. The van der Waals surface area contributed by atoms with Crippen LogP contribution in [0.4, 0.5) is 0 Å². The van der Waals surface area contributed by atoms with E-state index in [9.17, 15) is 9.59 Å². The van der Waals surface area contributed by atoms with Gasteiger partial charge in [0.15, 0.2) is 16.9 Å². The number of carbonyl (C=O) groups excluding carboxylic acids is 1. The summed E-state index contributed by atoms with van der Waals surface area (Å²) in [7, 11) is 3.11. The quantitative estimate of drug-likeness (QED) is 0.531. The van der Waals surface area contributed by atoms with Crippen LogP contribution in [-0.4, -0.2) is 31.6 Å². The van der Waals surface area contributed by atoms with Crippen LogP contribution in [0, 0.1) is 6.92 Å². The van der Waals surface area contributed by atoms with Gasteiger partial charge in [-0.3, -0.25) is 9.59 Å². The molecule has 1 amide bonds. The Kier molecular flexibility index (Phi) is 5.67. The van der Waals surface area contributed by atoms with Gasteiger partial charge in [-0.15, -0.1) is 0 Å². The standard InChI is InChI=1S/C24H24ClNO5/c1-5-6-9-26-21(14-7-8-17(29-3)19(11-14)30-4)20-22(27)15-12-16(25)13(2)10-18(15)31-23(20)24(26)28/h7-8,10-12,21H,5-6,9H2,1-4H3. The Bertz CT molecular complexity index is 1230. The van der Waals surface area contributed by atoms with Crippen molar-refractivity contribution in [3.05, 3.63) is 68.0 Å². The second-order valence-corrected chi connectivity index (χ2v) is 8.05. The molecule has 0 radical (unpaired) electrons. The van der Waals surface area contributed by atoms with E-state index in [2.05, 4.69) is 6.92 Å². The lowest BCUT2D eigenvalue weighted by Crippen LogP contribution is -2.30. The van der Waals surface area contributed by atoms with Gasteiger partial charge in [-0.25, -0.2) is 0 Å². The van der Waals surface area contributed by atoms with Gasteiger partial charge in [0.1, 0.15) is 5.58 Å². The molecule has 1 aromatic heterocycles. The SMILES string of the molecule is CCCCN1C(=O)c2oc3cc(C)c(Cl)cc3c(=O)c2C1c1ccc(OC)c(OC)c1. The highest BCUT2D eigenvalue weighted by atomic mass is 35.5. The molecule has 2 aromatic carbocycles. The molecular formula is C24H24ClNO5. The molecule has 0 fully saturated rings. The monoisotopic (exact) mass is 441 g/mol. The number of amides is 1. The molecule has 0 aliphatic carbocycles. The molecule has 1 aliphatic rings. The van der Waals surface area contributed by atoms with E-state index >= 15 is 0 Å². The highest BCUT2D eigenvalue weighted by Gasteiger charge is 2.42. The molecule has 1 aliphatic heterocycles. The number of hydrogen-bond donors (Lipinski definition) is 0.